The van der Waals surface area contributed by atoms with Crippen LogP contribution >= 0.6 is 15.9 Å². The first-order valence-corrected chi connectivity index (χ1v) is 7.10. The second-order valence-corrected chi connectivity index (χ2v) is 6.24. The summed E-state index contributed by atoms with van der Waals surface area (Å²) in [4.78, 5) is 11.5. The number of hydrazine groups is 1. The van der Waals surface area contributed by atoms with Crippen LogP contribution in [0.15, 0.2) is 22.7 Å². The third kappa shape index (κ3) is 5.38. The lowest BCUT2D eigenvalue weighted by molar-refractivity contribution is 0.0489. The summed E-state index contributed by atoms with van der Waals surface area (Å²) in [7, 11) is 1.62. The van der Waals surface area contributed by atoms with Crippen LogP contribution in [-0.2, 0) is 4.74 Å². The fourth-order valence-electron chi connectivity index (χ4n) is 1.51. The molecule has 1 rings (SSSR count). The van der Waals surface area contributed by atoms with Gasteiger partial charge in [0.1, 0.15) is 11.4 Å². The zero-order chi connectivity index (χ0) is 15.3. The number of hydrogen-bond acceptors (Lipinski definition) is 4. The first-order chi connectivity index (χ1) is 9.23. The molecule has 6 heteroatoms. The molecular weight excluding hydrogens is 324 g/mol. The van der Waals surface area contributed by atoms with Crippen LogP contribution in [0.2, 0.25) is 0 Å². The van der Waals surface area contributed by atoms with Gasteiger partial charge < -0.3 is 9.47 Å². The summed E-state index contributed by atoms with van der Waals surface area (Å²) >= 11 is 3.43. The van der Waals surface area contributed by atoms with Crippen molar-refractivity contribution in [3.8, 4) is 5.75 Å². The molecule has 0 heterocycles. The van der Waals surface area contributed by atoms with Crippen molar-refractivity contribution in [1.82, 2.24) is 10.9 Å². The van der Waals surface area contributed by atoms with Crippen molar-refractivity contribution in [2.24, 2.45) is 0 Å². The lowest BCUT2D eigenvalue weighted by atomic mass is 10.1. The summed E-state index contributed by atoms with van der Waals surface area (Å²) in [5, 5.41) is 0. The minimum atomic E-state index is -0.516. The number of rotatable bonds is 4. The van der Waals surface area contributed by atoms with E-state index in [-0.39, 0.29) is 6.04 Å². The van der Waals surface area contributed by atoms with Gasteiger partial charge in [-0.2, -0.15) is 0 Å². The van der Waals surface area contributed by atoms with Crippen molar-refractivity contribution in [3.63, 3.8) is 0 Å². The van der Waals surface area contributed by atoms with E-state index in [9.17, 15) is 4.79 Å². The summed E-state index contributed by atoms with van der Waals surface area (Å²) in [5.74, 6) is 0.765. The standard InChI is InChI=1S/C14H21BrN2O3/c1-9(16-17-13(18)20-14(2,3)4)10-6-7-12(19-5)11(15)8-10/h6-9,16H,1-5H3,(H,17,18). The van der Waals surface area contributed by atoms with Crippen LogP contribution in [0.3, 0.4) is 0 Å². The van der Waals surface area contributed by atoms with Gasteiger partial charge >= 0.3 is 6.09 Å². The third-order valence-corrected chi connectivity index (χ3v) is 3.09. The molecule has 1 aromatic rings. The minimum Gasteiger partial charge on any atom is -0.496 e. The topological polar surface area (TPSA) is 59.6 Å². The molecular formula is C14H21BrN2O3. The van der Waals surface area contributed by atoms with Crippen molar-refractivity contribution in [1.29, 1.82) is 0 Å². The maximum Gasteiger partial charge on any atom is 0.422 e. The average Bonchev–Trinajstić information content (AvgIpc) is 2.33. The Hall–Kier alpha value is -1.27. The lowest BCUT2D eigenvalue weighted by Crippen LogP contribution is -2.42. The second kappa shape index (κ2) is 6.95. The van der Waals surface area contributed by atoms with Gasteiger partial charge in [-0.1, -0.05) is 6.07 Å². The predicted octanol–water partition coefficient (Wildman–Crippen LogP) is 3.55. The van der Waals surface area contributed by atoms with Crippen LogP contribution in [0.5, 0.6) is 5.75 Å². The van der Waals surface area contributed by atoms with Gasteiger partial charge in [-0.05, 0) is 61.3 Å². The summed E-state index contributed by atoms with van der Waals surface area (Å²) < 4.78 is 11.2. The van der Waals surface area contributed by atoms with Gasteiger partial charge in [0.2, 0.25) is 0 Å². The molecule has 0 spiro atoms. The van der Waals surface area contributed by atoms with Crippen molar-refractivity contribution in [2.75, 3.05) is 7.11 Å². The van der Waals surface area contributed by atoms with Crippen LogP contribution in [0, 0.1) is 0 Å². The molecule has 112 valence electrons. The van der Waals surface area contributed by atoms with E-state index < -0.39 is 11.7 Å². The monoisotopic (exact) mass is 344 g/mol. The Balaban J connectivity index is 2.57. The first kappa shape index (κ1) is 16.8. The number of hydrogen-bond donors (Lipinski definition) is 2. The number of benzene rings is 1. The van der Waals surface area contributed by atoms with Gasteiger partial charge in [0, 0.05) is 6.04 Å². The fourth-order valence-corrected chi connectivity index (χ4v) is 2.06. The van der Waals surface area contributed by atoms with Crippen molar-refractivity contribution < 1.29 is 14.3 Å². The number of ether oxygens (including phenoxy) is 2. The molecule has 0 aliphatic heterocycles. The Labute approximate surface area is 128 Å². The van der Waals surface area contributed by atoms with Gasteiger partial charge in [-0.3, -0.25) is 5.43 Å². The van der Waals surface area contributed by atoms with E-state index in [2.05, 4.69) is 26.8 Å². The molecule has 5 nitrogen and oxygen atoms in total. The Morgan fingerprint density at radius 1 is 1.35 bits per heavy atom. The number of halogens is 1. The van der Waals surface area contributed by atoms with Crippen LogP contribution in [0.1, 0.15) is 39.3 Å². The molecule has 0 aliphatic carbocycles. The maximum atomic E-state index is 11.5. The molecule has 0 saturated heterocycles. The molecule has 1 atom stereocenters. The average molecular weight is 345 g/mol. The number of amides is 1. The third-order valence-electron chi connectivity index (χ3n) is 2.47. The highest BCUT2D eigenvalue weighted by molar-refractivity contribution is 9.10. The van der Waals surface area contributed by atoms with Gasteiger partial charge in [-0.25, -0.2) is 10.2 Å². The molecule has 1 unspecified atom stereocenters. The Kier molecular flexibility index (Phi) is 5.83. The molecule has 0 radical (unpaired) electrons. The molecule has 1 aromatic carbocycles. The molecule has 0 aromatic heterocycles. The zero-order valence-corrected chi connectivity index (χ0v) is 14.0. The van der Waals surface area contributed by atoms with Gasteiger partial charge in [0.05, 0.1) is 11.6 Å². The number of nitrogens with one attached hydrogen (secondary N) is 2. The summed E-state index contributed by atoms with van der Waals surface area (Å²) in [6, 6.07) is 5.67. The van der Waals surface area contributed by atoms with Crippen molar-refractivity contribution >= 4 is 22.0 Å². The van der Waals surface area contributed by atoms with Crippen molar-refractivity contribution in [2.45, 2.75) is 39.3 Å². The molecule has 2 N–H and O–H groups in total. The Morgan fingerprint density at radius 3 is 2.50 bits per heavy atom. The first-order valence-electron chi connectivity index (χ1n) is 6.31. The molecule has 1 amide bonds. The highest BCUT2D eigenvalue weighted by Gasteiger charge is 2.16. The van der Waals surface area contributed by atoms with E-state index in [4.69, 9.17) is 9.47 Å². The van der Waals surface area contributed by atoms with E-state index in [0.29, 0.717) is 0 Å². The van der Waals surface area contributed by atoms with Crippen LogP contribution in [0.4, 0.5) is 4.79 Å². The number of carbonyl (C=O) groups excluding carboxylic acids is 1. The molecule has 0 fully saturated rings. The maximum absolute atomic E-state index is 11.5. The van der Waals surface area contributed by atoms with E-state index >= 15 is 0 Å². The second-order valence-electron chi connectivity index (χ2n) is 5.39. The van der Waals surface area contributed by atoms with Gasteiger partial charge in [-0.15, -0.1) is 0 Å². The number of methoxy groups -OCH3 is 1. The van der Waals surface area contributed by atoms with Gasteiger partial charge in [0.25, 0.3) is 0 Å². The van der Waals surface area contributed by atoms with Crippen molar-refractivity contribution in [3.05, 3.63) is 28.2 Å². The van der Waals surface area contributed by atoms with E-state index in [1.54, 1.807) is 7.11 Å². The Bertz CT molecular complexity index is 472. The van der Waals surface area contributed by atoms with E-state index in [1.165, 1.54) is 0 Å². The molecule has 0 bridgehead atoms. The zero-order valence-electron chi connectivity index (χ0n) is 12.4. The predicted molar refractivity (Wildman–Crippen MR) is 81.6 cm³/mol. The summed E-state index contributed by atoms with van der Waals surface area (Å²) in [5.41, 5.74) is 5.92. The fraction of sp³-hybridized carbons (Fsp3) is 0.500. The molecule has 0 saturated carbocycles. The minimum absolute atomic E-state index is 0.0651. The van der Waals surface area contributed by atoms with Crippen LogP contribution in [-0.4, -0.2) is 18.8 Å². The molecule has 0 aliphatic rings. The summed E-state index contributed by atoms with van der Waals surface area (Å²) in [6.45, 7) is 7.38. The normalized spacial score (nSPS) is 12.7. The number of carbonyl (C=O) groups is 1. The Morgan fingerprint density at radius 2 is 2.00 bits per heavy atom. The quantitative estimate of drug-likeness (QED) is 0.820. The highest BCUT2D eigenvalue weighted by Crippen LogP contribution is 2.27. The smallest absolute Gasteiger partial charge is 0.422 e. The van der Waals surface area contributed by atoms with E-state index in [1.807, 2.05) is 45.9 Å². The van der Waals surface area contributed by atoms with Crippen LogP contribution < -0.4 is 15.6 Å². The lowest BCUT2D eigenvalue weighted by Gasteiger charge is -2.21. The summed E-state index contributed by atoms with van der Waals surface area (Å²) in [6.07, 6.45) is -0.503. The van der Waals surface area contributed by atoms with Gasteiger partial charge in [0.15, 0.2) is 0 Å². The van der Waals surface area contributed by atoms with Crippen LogP contribution in [0.25, 0.3) is 0 Å². The largest absolute Gasteiger partial charge is 0.496 e. The van der Waals surface area contributed by atoms with E-state index in [0.717, 1.165) is 15.8 Å². The molecule has 20 heavy (non-hydrogen) atoms. The highest BCUT2D eigenvalue weighted by atomic mass is 79.9. The SMILES string of the molecule is COc1ccc(C(C)NNC(=O)OC(C)(C)C)cc1Br.